The van der Waals surface area contributed by atoms with Crippen LogP contribution in [0.4, 0.5) is 5.69 Å². The lowest BCUT2D eigenvalue weighted by Crippen LogP contribution is -2.68. The van der Waals surface area contributed by atoms with Crippen molar-refractivity contribution in [2.75, 3.05) is 51.2 Å². The Balaban J connectivity index is 0.617. The Morgan fingerprint density at radius 2 is 1.13 bits per heavy atom. The Morgan fingerprint density at radius 1 is 0.573 bits per heavy atom. The van der Waals surface area contributed by atoms with Crippen LogP contribution in [0.5, 0.6) is 5.75 Å². The molecule has 0 amide bonds. The highest BCUT2D eigenvalue weighted by Crippen LogP contribution is 2.36. The smallest absolute Gasteiger partial charge is 0.187 e. The average molecular weight is 1250 g/mol. The number of aromatic amines is 1. The molecule has 4 aliphatic heterocycles. The Hall–Kier alpha value is -5.83. The maximum Gasteiger partial charge on any atom is 0.187 e. The van der Waals surface area contributed by atoms with Crippen LogP contribution in [0.3, 0.4) is 0 Å². The summed E-state index contributed by atoms with van der Waals surface area (Å²) in [7, 11) is 2.16. The monoisotopic (exact) mass is 1250 g/mol. The number of aryl methyl sites for hydroxylation is 4. The molecule has 5 fully saturated rings. The number of aliphatic hydroxyl groups is 6. The number of aromatic nitrogens is 11. The molecule has 32 nitrogen and oxygen atoms in total. The summed E-state index contributed by atoms with van der Waals surface area (Å²) in [5.41, 5.74) is 43.5. The van der Waals surface area contributed by atoms with Crippen LogP contribution in [0, 0.1) is 0 Å². The maximum absolute atomic E-state index is 12.0. The number of imidazole rings is 1. The number of H-pyrrole nitrogens is 1. The molecule has 5 aliphatic rings. The molecule has 0 radical (unpaired) electrons. The molecule has 11 rings (SSSR count). The molecule has 488 valence electrons. The van der Waals surface area contributed by atoms with Gasteiger partial charge in [-0.25, -0.2) is 9.67 Å². The van der Waals surface area contributed by atoms with E-state index in [9.17, 15) is 30.6 Å². The number of ether oxygens (including phenoxy) is 7. The van der Waals surface area contributed by atoms with Crippen LogP contribution in [0.2, 0.25) is 0 Å². The highest BCUT2D eigenvalue weighted by Gasteiger charge is 2.55. The van der Waals surface area contributed by atoms with E-state index in [2.05, 4.69) is 71.0 Å². The SMILES string of the molecule is CN1CCN(c2ccc3nc(-c4ccc(OCc5cn(CCCCCn6cc(CCCCc7cn(C[C@H]8O[C@@H](O[C@@H]9[C@@H](O)[C@H](N)C[C@H](N)[C@H]9O[C@H]9O[C@H](CN)[C@@H](O)[C@H](O)[C@H]9N)[C@H](O)[C@@H]8O[C@H]8O[C@@H](CN)[C@@H](O)[C@H](O)[C@H]8N)nn7)nn6)nn5)cc4)[nH]c3c2)CC1. The van der Waals surface area contributed by atoms with Crippen LogP contribution >= 0.6 is 0 Å². The van der Waals surface area contributed by atoms with E-state index in [1.54, 1.807) is 6.20 Å². The zero-order valence-corrected chi connectivity index (χ0v) is 49.8. The van der Waals surface area contributed by atoms with Crippen molar-refractivity contribution >= 4 is 16.7 Å². The molecule has 19 atom stereocenters. The van der Waals surface area contributed by atoms with Gasteiger partial charge in [0.1, 0.15) is 91.0 Å². The fourth-order valence-corrected chi connectivity index (χ4v) is 12.1. The third-order valence-corrected chi connectivity index (χ3v) is 17.6. The van der Waals surface area contributed by atoms with Crippen molar-refractivity contribution in [2.45, 2.75) is 194 Å². The largest absolute Gasteiger partial charge is 0.487 e. The predicted molar refractivity (Wildman–Crippen MR) is 317 cm³/mol. The van der Waals surface area contributed by atoms with E-state index in [1.165, 1.54) is 10.4 Å². The summed E-state index contributed by atoms with van der Waals surface area (Å²) < 4.78 is 48.1. The maximum atomic E-state index is 12.0. The number of hydrogen-bond acceptors (Lipinski definition) is 28. The van der Waals surface area contributed by atoms with Crippen LogP contribution in [-0.2, 0) is 67.5 Å². The molecule has 1 aliphatic carbocycles. The molecule has 2 aromatic carbocycles. The van der Waals surface area contributed by atoms with Gasteiger partial charge in [0.05, 0.1) is 53.4 Å². The zero-order chi connectivity index (χ0) is 62.5. The molecule has 8 heterocycles. The summed E-state index contributed by atoms with van der Waals surface area (Å²) >= 11 is 0. The second kappa shape index (κ2) is 29.2. The second-order valence-corrected chi connectivity index (χ2v) is 24.1. The van der Waals surface area contributed by atoms with E-state index in [4.69, 9.17) is 72.5 Å². The number of nitrogens with zero attached hydrogens (tertiary/aromatic N) is 12. The number of aliphatic hydroxyl groups excluding tert-OH is 6. The Labute approximate surface area is 513 Å². The van der Waals surface area contributed by atoms with Crippen molar-refractivity contribution in [3.05, 3.63) is 78.1 Å². The van der Waals surface area contributed by atoms with Crippen molar-refractivity contribution in [1.82, 2.24) is 59.8 Å². The fourth-order valence-electron chi connectivity index (χ4n) is 12.1. The lowest BCUT2D eigenvalue weighted by Gasteiger charge is -2.47. The van der Waals surface area contributed by atoms with E-state index < -0.39 is 116 Å². The van der Waals surface area contributed by atoms with Crippen molar-refractivity contribution in [2.24, 2.45) is 34.4 Å². The third kappa shape index (κ3) is 15.2. The van der Waals surface area contributed by atoms with E-state index in [0.29, 0.717) is 25.1 Å². The van der Waals surface area contributed by atoms with Gasteiger partial charge in [0.2, 0.25) is 0 Å². The van der Waals surface area contributed by atoms with Crippen molar-refractivity contribution in [3.8, 4) is 17.1 Å². The number of nitrogens with two attached hydrogens (primary N) is 6. The summed E-state index contributed by atoms with van der Waals surface area (Å²) in [6.07, 6.45) is -8.68. The lowest BCUT2D eigenvalue weighted by molar-refractivity contribution is -0.306. The van der Waals surface area contributed by atoms with Gasteiger partial charge in [0, 0.05) is 88.1 Å². The van der Waals surface area contributed by atoms with Crippen LogP contribution in [-0.4, -0.2) is 253 Å². The van der Waals surface area contributed by atoms with Gasteiger partial charge in [-0.1, -0.05) is 15.6 Å². The highest BCUT2D eigenvalue weighted by atomic mass is 16.8. The number of fused-ring (bicyclic) bond motifs is 1. The topological polar surface area (TPSA) is 469 Å². The first-order valence-electron chi connectivity index (χ1n) is 30.8. The molecule has 0 bridgehead atoms. The van der Waals surface area contributed by atoms with Crippen LogP contribution < -0.4 is 44.0 Å². The van der Waals surface area contributed by atoms with E-state index in [-0.39, 0.29) is 26.1 Å². The number of anilines is 1. The average Bonchev–Trinajstić information content (AvgIpc) is 2.27. The van der Waals surface area contributed by atoms with Gasteiger partial charge >= 0.3 is 0 Å². The van der Waals surface area contributed by atoms with Crippen LogP contribution in [0.1, 0.15) is 55.6 Å². The minimum absolute atomic E-state index is 0.0398. The van der Waals surface area contributed by atoms with Gasteiger partial charge in [-0.15, -0.1) is 15.3 Å². The first kappa shape index (κ1) is 64.7. The fraction of sp³-hybridized carbons (Fsp3) is 0.667. The molecule has 89 heavy (non-hydrogen) atoms. The van der Waals surface area contributed by atoms with Crippen LogP contribution in [0.15, 0.2) is 61.1 Å². The van der Waals surface area contributed by atoms with Gasteiger partial charge in [0.25, 0.3) is 0 Å². The summed E-state index contributed by atoms with van der Waals surface area (Å²) in [5, 5.41) is 92.0. The van der Waals surface area contributed by atoms with E-state index in [1.807, 2.05) is 46.0 Å². The summed E-state index contributed by atoms with van der Waals surface area (Å²) in [5.74, 6) is 1.55. The second-order valence-electron chi connectivity index (χ2n) is 24.1. The molecule has 4 saturated heterocycles. The molecule has 32 heteroatoms. The standard InChI is InChI=1S/C57H87N19O13/c1-72-17-19-73(20-18-72)34-11-14-38-39(21-34)65-54(64-38)30-9-12-35(13-10-30)83-29-33-27-75(70-68-33)16-6-2-5-15-74-25-31(66-69-74)7-3-4-8-32-26-76(71-67-32)28-42-52(88-56-44(63)49(81)47(79)41(24-59)85-56)50(82)57(86-42)89-53-45(77)36(60)22-37(61)51(53)87-55-43(62)48(80)46(78)40(23-58)84-55/h9-14,21,25-27,36-37,40-53,55-57,77-82H,2-8,15-20,22-24,28-29,58-63H2,1H3,(H,64,65)/t36-,37+,40-,41+,42-,43-,44-,45+,46-,47-,48-,49-,50-,51-,52-,53-,55-,56-,57+/m1/s1. The molecular formula is C57H87N19O13. The van der Waals surface area contributed by atoms with E-state index in [0.717, 1.165) is 111 Å². The molecule has 0 spiro atoms. The van der Waals surface area contributed by atoms with Gasteiger partial charge < -0.3 is 113 Å². The Morgan fingerprint density at radius 3 is 1.76 bits per heavy atom. The number of likely N-dealkylation sites (N-methyl/N-ethyl adjacent to an activating group) is 1. The zero-order valence-electron chi connectivity index (χ0n) is 49.8. The Kier molecular flexibility index (Phi) is 21.2. The molecular weight excluding hydrogens is 1160 g/mol. The van der Waals surface area contributed by atoms with Crippen LogP contribution in [0.25, 0.3) is 22.4 Å². The summed E-state index contributed by atoms with van der Waals surface area (Å²) in [6, 6.07) is 10.0. The predicted octanol–water partition coefficient (Wildman–Crippen LogP) is -4.10. The van der Waals surface area contributed by atoms with Gasteiger partial charge in [-0.05, 0) is 101 Å². The summed E-state index contributed by atoms with van der Waals surface area (Å²) in [6.45, 7) is 5.51. The third-order valence-electron chi connectivity index (χ3n) is 17.6. The molecule has 4 aromatic heterocycles. The normalized spacial score (nSPS) is 33.0. The van der Waals surface area contributed by atoms with Crippen molar-refractivity contribution < 1.29 is 63.8 Å². The number of rotatable bonds is 26. The minimum atomic E-state index is -1.62. The molecule has 6 aromatic rings. The van der Waals surface area contributed by atoms with Gasteiger partial charge in [0.15, 0.2) is 18.9 Å². The molecule has 19 N–H and O–H groups in total. The van der Waals surface area contributed by atoms with Gasteiger partial charge in [-0.2, -0.15) is 0 Å². The lowest BCUT2D eigenvalue weighted by atomic mass is 9.84. The van der Waals surface area contributed by atoms with Crippen molar-refractivity contribution in [3.63, 3.8) is 0 Å². The number of benzene rings is 2. The quantitative estimate of drug-likeness (QED) is 0.0230. The summed E-state index contributed by atoms with van der Waals surface area (Å²) in [4.78, 5) is 13.1. The van der Waals surface area contributed by atoms with E-state index >= 15 is 0 Å². The number of hydrogen-bond donors (Lipinski definition) is 13. The first-order chi connectivity index (χ1) is 43.0. The minimum Gasteiger partial charge on any atom is -0.487 e. The Bertz CT molecular complexity index is 3160. The van der Waals surface area contributed by atoms with Gasteiger partial charge in [-0.3, -0.25) is 9.36 Å². The number of unbranched alkanes of at least 4 members (excludes halogenated alkanes) is 3. The first-order valence-corrected chi connectivity index (χ1v) is 30.8. The number of piperazine rings is 1. The molecule has 0 unspecified atom stereocenters. The number of nitrogens with one attached hydrogen (secondary N) is 1. The highest BCUT2D eigenvalue weighted by molar-refractivity contribution is 5.83. The molecule has 1 saturated carbocycles. The van der Waals surface area contributed by atoms with Crippen molar-refractivity contribution in [1.29, 1.82) is 0 Å².